The van der Waals surface area contributed by atoms with Gasteiger partial charge in [-0.1, -0.05) is 153 Å². The van der Waals surface area contributed by atoms with Crippen molar-refractivity contribution in [2.24, 2.45) is 23.2 Å². The molecule has 1 heteroatoms. The number of fused-ring (bicyclic) bond motifs is 5. The van der Waals surface area contributed by atoms with E-state index in [9.17, 15) is 0 Å². The molecule has 3 unspecified atom stereocenters. The molecule has 262 valence electrons. The Bertz CT molecular complexity index is 2650. The standard InChI is InChI=1S/C53H45N/c1-51(2)44-21-10-8-20-43(44)50-46(51)23-14-26-49(50)54(48-25-13-11-22-45(48)52-31-36-29-35-30-37(32-52)53(35,36)33-52)47-24-12-9-19-42(47)41-28-27-38(34-15-4-3-5-16-34)39-17-6-7-18-40(39)41/h3-28,35-37H,29-33H2,1-2H3/t35?,36-,37?,52?,53+/m1/s1. The normalized spacial score (nSPS) is 26.1. The van der Waals surface area contributed by atoms with Crippen molar-refractivity contribution in [1.82, 2.24) is 0 Å². The molecule has 7 aromatic rings. The average Bonchev–Trinajstić information content (AvgIpc) is 3.79. The SMILES string of the molecule is CC1(C)c2ccccc2-c2c(N(c3ccccc3-c3ccc(-c4ccccc4)c4ccccc34)c3ccccc3C34CC5CC6C[C@H](C3)[C@]65C4)cccc21. The van der Waals surface area contributed by atoms with E-state index in [4.69, 9.17) is 0 Å². The van der Waals surface area contributed by atoms with Crippen molar-refractivity contribution >= 4 is 27.8 Å². The minimum absolute atomic E-state index is 0.0851. The lowest BCUT2D eigenvalue weighted by Gasteiger charge is -2.66. The van der Waals surface area contributed by atoms with E-state index in [0.29, 0.717) is 5.41 Å². The molecule has 5 aliphatic rings. The zero-order chi connectivity index (χ0) is 35.8. The summed E-state index contributed by atoms with van der Waals surface area (Å²) in [5.74, 6) is 2.84. The number of benzene rings is 7. The predicted molar refractivity (Wildman–Crippen MR) is 225 cm³/mol. The number of hydrogen-bond donors (Lipinski definition) is 0. The van der Waals surface area contributed by atoms with Gasteiger partial charge in [0, 0.05) is 22.2 Å². The Morgan fingerprint density at radius 1 is 0.444 bits per heavy atom. The maximum absolute atomic E-state index is 2.70. The van der Waals surface area contributed by atoms with E-state index in [1.54, 1.807) is 5.56 Å². The van der Waals surface area contributed by atoms with Crippen LogP contribution in [-0.4, -0.2) is 0 Å². The first-order chi connectivity index (χ1) is 26.5. The van der Waals surface area contributed by atoms with Gasteiger partial charge in [-0.2, -0.15) is 0 Å². The van der Waals surface area contributed by atoms with Crippen LogP contribution in [0.1, 0.15) is 62.6 Å². The molecule has 54 heavy (non-hydrogen) atoms. The third-order valence-electron chi connectivity index (χ3n) is 15.3. The van der Waals surface area contributed by atoms with Crippen LogP contribution in [0.3, 0.4) is 0 Å². The fourth-order valence-corrected chi connectivity index (χ4v) is 13.1. The Labute approximate surface area is 319 Å². The van der Waals surface area contributed by atoms with Crippen molar-refractivity contribution in [3.8, 4) is 33.4 Å². The molecule has 1 spiro atoms. The van der Waals surface area contributed by atoms with Crippen molar-refractivity contribution in [1.29, 1.82) is 0 Å². The molecule has 12 rings (SSSR count). The highest BCUT2D eigenvalue weighted by Crippen LogP contribution is 2.85. The van der Waals surface area contributed by atoms with Crippen LogP contribution in [0.5, 0.6) is 0 Å². The molecule has 2 bridgehead atoms. The number of nitrogens with zero attached hydrogens (tertiary/aromatic N) is 1. The summed E-state index contributed by atoms with van der Waals surface area (Å²) in [6, 6.07) is 59.7. The minimum atomic E-state index is -0.0851. The highest BCUT2D eigenvalue weighted by Gasteiger charge is 2.77. The summed E-state index contributed by atoms with van der Waals surface area (Å²) < 4.78 is 0. The molecule has 0 saturated heterocycles. The molecule has 7 aromatic carbocycles. The van der Waals surface area contributed by atoms with Crippen LogP contribution in [0, 0.1) is 23.2 Å². The van der Waals surface area contributed by atoms with Gasteiger partial charge in [-0.15, -0.1) is 0 Å². The number of para-hydroxylation sites is 2. The number of rotatable bonds is 6. The zero-order valence-corrected chi connectivity index (χ0v) is 31.2. The van der Waals surface area contributed by atoms with E-state index < -0.39 is 0 Å². The molecular formula is C53H45N. The lowest BCUT2D eigenvalue weighted by Crippen LogP contribution is -2.59. The van der Waals surface area contributed by atoms with E-state index in [2.05, 4.69) is 176 Å². The molecule has 4 saturated carbocycles. The van der Waals surface area contributed by atoms with E-state index in [-0.39, 0.29) is 10.8 Å². The Morgan fingerprint density at radius 2 is 1.02 bits per heavy atom. The van der Waals surface area contributed by atoms with Crippen LogP contribution in [0.15, 0.2) is 158 Å². The van der Waals surface area contributed by atoms with Gasteiger partial charge in [0.2, 0.25) is 0 Å². The Balaban J connectivity index is 1.13. The lowest BCUT2D eigenvalue weighted by atomic mass is 9.38. The van der Waals surface area contributed by atoms with E-state index in [0.717, 1.165) is 17.8 Å². The second-order valence-corrected chi connectivity index (χ2v) is 17.9. The van der Waals surface area contributed by atoms with Gasteiger partial charge in [-0.25, -0.2) is 0 Å². The topological polar surface area (TPSA) is 3.24 Å². The summed E-state index contributed by atoms with van der Waals surface area (Å²) >= 11 is 0. The van der Waals surface area contributed by atoms with Crippen molar-refractivity contribution in [2.45, 2.75) is 56.8 Å². The van der Waals surface area contributed by atoms with Gasteiger partial charge < -0.3 is 4.90 Å². The third kappa shape index (κ3) is 3.90. The maximum Gasteiger partial charge on any atom is 0.0543 e. The molecular weight excluding hydrogens is 651 g/mol. The lowest BCUT2D eigenvalue weighted by molar-refractivity contribution is -0.175. The van der Waals surface area contributed by atoms with Gasteiger partial charge in [0.1, 0.15) is 0 Å². The molecule has 0 radical (unpaired) electrons. The van der Waals surface area contributed by atoms with Crippen LogP contribution in [0.2, 0.25) is 0 Å². The van der Waals surface area contributed by atoms with Crippen LogP contribution in [-0.2, 0) is 10.8 Å². The summed E-state index contributed by atoms with van der Waals surface area (Å²) in [4.78, 5) is 2.70. The van der Waals surface area contributed by atoms with Gasteiger partial charge >= 0.3 is 0 Å². The first-order valence-corrected chi connectivity index (χ1v) is 20.3. The quantitative estimate of drug-likeness (QED) is 0.167. The summed E-state index contributed by atoms with van der Waals surface area (Å²) in [6.07, 6.45) is 7.05. The largest absolute Gasteiger partial charge is 0.309 e. The first-order valence-electron chi connectivity index (χ1n) is 20.3. The second-order valence-electron chi connectivity index (χ2n) is 17.9. The molecule has 5 atom stereocenters. The van der Waals surface area contributed by atoms with Crippen LogP contribution < -0.4 is 4.90 Å². The molecule has 0 aromatic heterocycles. The van der Waals surface area contributed by atoms with Gasteiger partial charge in [-0.3, -0.25) is 0 Å². The fourth-order valence-electron chi connectivity index (χ4n) is 13.1. The monoisotopic (exact) mass is 695 g/mol. The molecule has 1 nitrogen and oxygen atoms in total. The minimum Gasteiger partial charge on any atom is -0.309 e. The van der Waals surface area contributed by atoms with Crippen molar-refractivity contribution in [3.05, 3.63) is 174 Å². The van der Waals surface area contributed by atoms with Gasteiger partial charge in [0.25, 0.3) is 0 Å². The number of hydrogen-bond acceptors (Lipinski definition) is 1. The van der Waals surface area contributed by atoms with E-state index in [1.807, 2.05) is 0 Å². The highest BCUT2D eigenvalue weighted by molar-refractivity contribution is 6.08. The summed E-state index contributed by atoms with van der Waals surface area (Å²) in [5, 5.41) is 2.57. The molecule has 0 N–H and O–H groups in total. The Hall–Kier alpha value is -5.40. The average molecular weight is 696 g/mol. The van der Waals surface area contributed by atoms with Gasteiger partial charge in [-0.05, 0) is 129 Å². The van der Waals surface area contributed by atoms with E-state index >= 15 is 0 Å². The molecule has 4 fully saturated rings. The van der Waals surface area contributed by atoms with Crippen LogP contribution in [0.4, 0.5) is 17.1 Å². The van der Waals surface area contributed by atoms with E-state index in [1.165, 1.54) is 104 Å². The molecule has 0 aliphatic heterocycles. The van der Waals surface area contributed by atoms with Crippen LogP contribution >= 0.6 is 0 Å². The van der Waals surface area contributed by atoms with Crippen LogP contribution in [0.25, 0.3) is 44.2 Å². The van der Waals surface area contributed by atoms with Crippen molar-refractivity contribution in [2.75, 3.05) is 4.90 Å². The Kier molecular flexibility index (Phi) is 6.23. The Morgan fingerprint density at radius 3 is 1.76 bits per heavy atom. The number of anilines is 3. The van der Waals surface area contributed by atoms with Gasteiger partial charge in [0.15, 0.2) is 0 Å². The zero-order valence-electron chi connectivity index (χ0n) is 31.2. The summed E-state index contributed by atoms with van der Waals surface area (Å²) in [7, 11) is 0. The van der Waals surface area contributed by atoms with Gasteiger partial charge in [0.05, 0.1) is 11.4 Å². The summed E-state index contributed by atoms with van der Waals surface area (Å²) in [6.45, 7) is 4.82. The van der Waals surface area contributed by atoms with Crippen molar-refractivity contribution < 1.29 is 0 Å². The second kappa shape index (κ2) is 10.9. The maximum atomic E-state index is 2.70. The highest BCUT2D eigenvalue weighted by atomic mass is 15.2. The summed E-state index contributed by atoms with van der Waals surface area (Å²) in [5.41, 5.74) is 16.9. The third-order valence-corrected chi connectivity index (χ3v) is 15.3. The molecule has 0 amide bonds. The predicted octanol–water partition coefficient (Wildman–Crippen LogP) is 14.0. The van der Waals surface area contributed by atoms with Crippen molar-refractivity contribution in [3.63, 3.8) is 0 Å². The fraction of sp³-hybridized carbons (Fsp3) is 0.245. The smallest absolute Gasteiger partial charge is 0.0543 e. The molecule has 5 aliphatic carbocycles. The molecule has 0 heterocycles. The first kappa shape index (κ1) is 31.0.